The van der Waals surface area contributed by atoms with E-state index in [1.54, 1.807) is 13.8 Å². The van der Waals surface area contributed by atoms with Crippen molar-refractivity contribution < 1.29 is 14.6 Å². The summed E-state index contributed by atoms with van der Waals surface area (Å²) in [7, 11) is 1.51. The van der Waals surface area contributed by atoms with Gasteiger partial charge in [-0.05, 0) is 6.92 Å². The Bertz CT molecular complexity index is 138. The summed E-state index contributed by atoms with van der Waals surface area (Å²) in [5.74, 6) is -1.45. The molecule has 4 heteroatoms. The third-order valence-electron chi connectivity index (χ3n) is 1.88. The van der Waals surface area contributed by atoms with Gasteiger partial charge in [0, 0.05) is 13.2 Å². The molecule has 0 rings (SSSR count). The number of hydrogen-bond acceptors (Lipinski definition) is 3. The summed E-state index contributed by atoms with van der Waals surface area (Å²) in [6.45, 7) is 3.33. The molecule has 4 nitrogen and oxygen atoms in total. The zero-order chi connectivity index (χ0) is 9.02. The second-order valence-corrected chi connectivity index (χ2v) is 2.65. The summed E-state index contributed by atoms with van der Waals surface area (Å²) in [6, 6.07) is -0.447. The van der Waals surface area contributed by atoms with E-state index in [-0.39, 0.29) is 6.10 Å². The Balaban J connectivity index is 4.00. The van der Waals surface area contributed by atoms with Gasteiger partial charge in [0.25, 0.3) is 0 Å². The largest absolute Gasteiger partial charge is 0.481 e. The predicted molar refractivity (Wildman–Crippen MR) is 41.2 cm³/mol. The maximum absolute atomic E-state index is 10.4. The third kappa shape index (κ3) is 2.86. The number of hydrogen-bond donors (Lipinski definition) is 2. The van der Waals surface area contributed by atoms with E-state index < -0.39 is 17.9 Å². The molecule has 0 fully saturated rings. The van der Waals surface area contributed by atoms with Gasteiger partial charge >= 0.3 is 5.97 Å². The second-order valence-electron chi connectivity index (χ2n) is 2.65. The van der Waals surface area contributed by atoms with Crippen LogP contribution in [0, 0.1) is 5.92 Å². The van der Waals surface area contributed by atoms with Gasteiger partial charge in [-0.2, -0.15) is 0 Å². The predicted octanol–water partition coefficient (Wildman–Crippen LogP) is 0.0693. The first-order chi connectivity index (χ1) is 5.00. The van der Waals surface area contributed by atoms with E-state index in [0.717, 1.165) is 0 Å². The average Bonchev–Trinajstić information content (AvgIpc) is 2.00. The number of nitrogens with two attached hydrogens (primary N) is 1. The lowest BCUT2D eigenvalue weighted by Crippen LogP contribution is -2.42. The molecule has 0 aromatic carbocycles. The number of aliphatic carboxylic acids is 1. The van der Waals surface area contributed by atoms with Crippen LogP contribution in [-0.4, -0.2) is 30.3 Å². The Kier molecular flexibility index (Phi) is 4.07. The van der Waals surface area contributed by atoms with Gasteiger partial charge in [-0.3, -0.25) is 4.79 Å². The van der Waals surface area contributed by atoms with E-state index in [2.05, 4.69) is 0 Å². The Labute approximate surface area is 66.3 Å². The molecule has 0 spiro atoms. The second kappa shape index (κ2) is 4.31. The molecule has 0 aliphatic rings. The first kappa shape index (κ1) is 10.4. The van der Waals surface area contributed by atoms with E-state index >= 15 is 0 Å². The van der Waals surface area contributed by atoms with E-state index in [0.29, 0.717) is 0 Å². The maximum Gasteiger partial charge on any atom is 0.307 e. The van der Waals surface area contributed by atoms with Gasteiger partial charge in [-0.1, -0.05) is 6.92 Å². The van der Waals surface area contributed by atoms with Crippen molar-refractivity contribution in [2.45, 2.75) is 26.0 Å². The molecule has 0 aliphatic carbocycles. The normalized spacial score (nSPS) is 18.9. The van der Waals surface area contributed by atoms with Gasteiger partial charge in [0.1, 0.15) is 0 Å². The molecule has 66 valence electrons. The van der Waals surface area contributed by atoms with Crippen LogP contribution in [0.25, 0.3) is 0 Å². The van der Waals surface area contributed by atoms with E-state index in [9.17, 15) is 4.79 Å². The zero-order valence-corrected chi connectivity index (χ0v) is 7.07. The highest BCUT2D eigenvalue weighted by atomic mass is 16.5. The number of ether oxygens (including phenoxy) is 1. The third-order valence-corrected chi connectivity index (χ3v) is 1.88. The molecule has 3 unspecified atom stereocenters. The minimum atomic E-state index is -0.888. The minimum Gasteiger partial charge on any atom is -0.481 e. The van der Waals surface area contributed by atoms with E-state index in [1.807, 2.05) is 0 Å². The lowest BCUT2D eigenvalue weighted by Gasteiger charge is -2.21. The van der Waals surface area contributed by atoms with Crippen molar-refractivity contribution in [3.05, 3.63) is 0 Å². The Morgan fingerprint density at radius 3 is 2.27 bits per heavy atom. The monoisotopic (exact) mass is 161 g/mol. The van der Waals surface area contributed by atoms with Crippen LogP contribution in [0.5, 0.6) is 0 Å². The van der Waals surface area contributed by atoms with Gasteiger partial charge in [0.2, 0.25) is 0 Å². The molecule has 3 N–H and O–H groups in total. The maximum atomic E-state index is 10.4. The molecule has 0 aromatic heterocycles. The molecule has 0 amide bonds. The summed E-state index contributed by atoms with van der Waals surface area (Å²) < 4.78 is 4.89. The van der Waals surface area contributed by atoms with E-state index in [4.69, 9.17) is 15.6 Å². The minimum absolute atomic E-state index is 0.221. The van der Waals surface area contributed by atoms with Gasteiger partial charge in [-0.25, -0.2) is 0 Å². The van der Waals surface area contributed by atoms with Crippen LogP contribution >= 0.6 is 0 Å². The standard InChI is InChI=1S/C7H15NO3/c1-4(7(9)10)6(8)5(2)11-3/h4-6H,8H2,1-3H3,(H,9,10). The van der Waals surface area contributed by atoms with Crippen molar-refractivity contribution in [2.75, 3.05) is 7.11 Å². The van der Waals surface area contributed by atoms with Crippen molar-refractivity contribution in [1.82, 2.24) is 0 Å². The molecule has 0 aliphatic heterocycles. The summed E-state index contributed by atoms with van der Waals surface area (Å²) in [4.78, 5) is 10.4. The molecule has 3 atom stereocenters. The highest BCUT2D eigenvalue weighted by Gasteiger charge is 2.24. The Morgan fingerprint density at radius 1 is 1.55 bits per heavy atom. The fourth-order valence-electron chi connectivity index (χ4n) is 0.728. The first-order valence-corrected chi connectivity index (χ1v) is 3.52. The smallest absolute Gasteiger partial charge is 0.307 e. The fourth-order valence-corrected chi connectivity index (χ4v) is 0.728. The summed E-state index contributed by atoms with van der Waals surface area (Å²) >= 11 is 0. The quantitative estimate of drug-likeness (QED) is 0.612. The van der Waals surface area contributed by atoms with Crippen LogP contribution < -0.4 is 5.73 Å². The van der Waals surface area contributed by atoms with Crippen LogP contribution in [0.4, 0.5) is 0 Å². The molecule has 0 bridgehead atoms. The number of rotatable bonds is 4. The molecule has 11 heavy (non-hydrogen) atoms. The van der Waals surface area contributed by atoms with E-state index in [1.165, 1.54) is 7.11 Å². The number of carboxylic acids is 1. The summed E-state index contributed by atoms with van der Waals surface area (Å²) in [5.41, 5.74) is 5.57. The molecule has 0 heterocycles. The zero-order valence-electron chi connectivity index (χ0n) is 7.07. The number of carboxylic acid groups (broad SMARTS) is 1. The van der Waals surface area contributed by atoms with Crippen LogP contribution in [0.15, 0.2) is 0 Å². The van der Waals surface area contributed by atoms with Crippen molar-refractivity contribution in [3.63, 3.8) is 0 Å². The van der Waals surface area contributed by atoms with Crippen LogP contribution in [-0.2, 0) is 9.53 Å². The van der Waals surface area contributed by atoms with Crippen LogP contribution in [0.3, 0.4) is 0 Å². The molecule has 0 radical (unpaired) electrons. The topological polar surface area (TPSA) is 72.5 Å². The lowest BCUT2D eigenvalue weighted by molar-refractivity contribution is -0.142. The van der Waals surface area contributed by atoms with Crippen molar-refractivity contribution in [2.24, 2.45) is 11.7 Å². The number of methoxy groups -OCH3 is 1. The highest BCUT2D eigenvalue weighted by molar-refractivity contribution is 5.70. The van der Waals surface area contributed by atoms with Gasteiger partial charge in [0.05, 0.1) is 12.0 Å². The summed E-state index contributed by atoms with van der Waals surface area (Å²) in [6.07, 6.45) is -0.221. The fraction of sp³-hybridized carbons (Fsp3) is 0.857. The van der Waals surface area contributed by atoms with Crippen molar-refractivity contribution in [3.8, 4) is 0 Å². The molecule has 0 saturated heterocycles. The molecular formula is C7H15NO3. The first-order valence-electron chi connectivity index (χ1n) is 3.52. The Morgan fingerprint density at radius 2 is 2.00 bits per heavy atom. The molecule has 0 saturated carbocycles. The van der Waals surface area contributed by atoms with Crippen LogP contribution in [0.1, 0.15) is 13.8 Å². The van der Waals surface area contributed by atoms with Gasteiger partial charge in [-0.15, -0.1) is 0 Å². The SMILES string of the molecule is COC(C)C(N)C(C)C(=O)O. The lowest BCUT2D eigenvalue weighted by atomic mass is 9.99. The van der Waals surface area contributed by atoms with Crippen molar-refractivity contribution in [1.29, 1.82) is 0 Å². The van der Waals surface area contributed by atoms with Crippen LogP contribution in [0.2, 0.25) is 0 Å². The van der Waals surface area contributed by atoms with Gasteiger partial charge in [0.15, 0.2) is 0 Å². The highest BCUT2D eigenvalue weighted by Crippen LogP contribution is 2.06. The number of carbonyl (C=O) groups is 1. The van der Waals surface area contributed by atoms with Gasteiger partial charge < -0.3 is 15.6 Å². The Hall–Kier alpha value is -0.610. The van der Waals surface area contributed by atoms with Crippen molar-refractivity contribution >= 4 is 5.97 Å². The molecule has 0 aromatic rings. The molecular weight excluding hydrogens is 146 g/mol. The summed E-state index contributed by atoms with van der Waals surface area (Å²) in [5, 5.41) is 8.56. The average molecular weight is 161 g/mol.